The number of aryl methyl sites for hydroxylation is 1. The fourth-order valence-electron chi connectivity index (χ4n) is 3.02. The lowest BCUT2D eigenvalue weighted by atomic mass is 10.1. The standard InChI is InChI=1S/C18H23ClN4O2/c1-13-10-17(21-25-13)20-18(24)14(2)23-8-6-22(7-9-23)12-15-4-3-5-16(19)11-15/h3-5,10-11,14H,6-9,12H2,1-2H3,(H,20,21,24). The van der Waals surface area contributed by atoms with Gasteiger partial charge in [-0.15, -0.1) is 0 Å². The normalized spacial score (nSPS) is 17.4. The molecule has 7 heteroatoms. The second kappa shape index (κ2) is 7.99. The van der Waals surface area contributed by atoms with E-state index in [-0.39, 0.29) is 11.9 Å². The predicted molar refractivity (Wildman–Crippen MR) is 97.6 cm³/mol. The molecule has 3 rings (SSSR count). The topological polar surface area (TPSA) is 61.6 Å². The van der Waals surface area contributed by atoms with Crippen molar-refractivity contribution in [3.05, 3.63) is 46.7 Å². The summed E-state index contributed by atoms with van der Waals surface area (Å²) in [4.78, 5) is 16.9. The largest absolute Gasteiger partial charge is 0.360 e. The van der Waals surface area contributed by atoms with Crippen molar-refractivity contribution < 1.29 is 9.32 Å². The van der Waals surface area contributed by atoms with Gasteiger partial charge in [0.1, 0.15) is 5.76 Å². The molecular weight excluding hydrogens is 340 g/mol. The zero-order chi connectivity index (χ0) is 17.8. The van der Waals surface area contributed by atoms with Crippen LogP contribution in [0.5, 0.6) is 0 Å². The molecule has 134 valence electrons. The van der Waals surface area contributed by atoms with E-state index >= 15 is 0 Å². The number of amides is 1. The molecule has 1 aromatic carbocycles. The summed E-state index contributed by atoms with van der Waals surface area (Å²) < 4.78 is 4.98. The monoisotopic (exact) mass is 362 g/mol. The van der Waals surface area contributed by atoms with Crippen molar-refractivity contribution in [3.8, 4) is 0 Å². The first-order valence-corrected chi connectivity index (χ1v) is 8.84. The second-order valence-corrected chi connectivity index (χ2v) is 6.87. The van der Waals surface area contributed by atoms with Crippen molar-refractivity contribution in [1.29, 1.82) is 0 Å². The Morgan fingerprint density at radius 1 is 1.32 bits per heavy atom. The van der Waals surface area contributed by atoms with Crippen LogP contribution in [0, 0.1) is 6.92 Å². The molecule has 2 aromatic rings. The van der Waals surface area contributed by atoms with Gasteiger partial charge in [0.2, 0.25) is 5.91 Å². The maximum absolute atomic E-state index is 12.4. The lowest BCUT2D eigenvalue weighted by molar-refractivity contribution is -0.121. The van der Waals surface area contributed by atoms with Gasteiger partial charge in [-0.3, -0.25) is 14.6 Å². The van der Waals surface area contributed by atoms with Crippen LogP contribution in [0.2, 0.25) is 5.02 Å². The fourth-order valence-corrected chi connectivity index (χ4v) is 3.24. The molecule has 0 radical (unpaired) electrons. The molecule has 0 aliphatic carbocycles. The minimum absolute atomic E-state index is 0.0587. The molecule has 1 fully saturated rings. The Kier molecular flexibility index (Phi) is 5.73. The highest BCUT2D eigenvalue weighted by Gasteiger charge is 2.26. The summed E-state index contributed by atoms with van der Waals surface area (Å²) in [5.74, 6) is 1.09. The molecule has 1 unspecified atom stereocenters. The van der Waals surface area contributed by atoms with E-state index in [4.69, 9.17) is 16.1 Å². The number of carbonyl (C=O) groups excluding carboxylic acids is 1. The predicted octanol–water partition coefficient (Wildman–Crippen LogP) is 2.78. The molecule has 1 N–H and O–H groups in total. The van der Waals surface area contributed by atoms with E-state index in [2.05, 4.69) is 26.3 Å². The maximum atomic E-state index is 12.4. The number of nitrogens with one attached hydrogen (secondary N) is 1. The van der Waals surface area contributed by atoms with Crippen LogP contribution in [0.15, 0.2) is 34.9 Å². The van der Waals surface area contributed by atoms with Crippen molar-refractivity contribution >= 4 is 23.3 Å². The molecule has 0 spiro atoms. The Morgan fingerprint density at radius 3 is 2.72 bits per heavy atom. The molecule has 1 saturated heterocycles. The third-order valence-corrected chi connectivity index (χ3v) is 4.74. The molecule has 1 aliphatic rings. The first-order chi connectivity index (χ1) is 12.0. The molecule has 25 heavy (non-hydrogen) atoms. The summed E-state index contributed by atoms with van der Waals surface area (Å²) in [5, 5.41) is 7.38. The Morgan fingerprint density at radius 2 is 2.08 bits per heavy atom. The number of anilines is 1. The van der Waals surface area contributed by atoms with Crippen LogP contribution in [-0.4, -0.2) is 53.1 Å². The number of rotatable bonds is 5. The third-order valence-electron chi connectivity index (χ3n) is 4.51. The molecule has 0 bridgehead atoms. The van der Waals surface area contributed by atoms with Crippen LogP contribution in [0.1, 0.15) is 18.2 Å². The molecule has 2 heterocycles. The molecule has 1 aromatic heterocycles. The molecule has 1 atom stereocenters. The van der Waals surface area contributed by atoms with Crippen LogP contribution >= 0.6 is 11.6 Å². The number of aromatic nitrogens is 1. The Balaban J connectivity index is 1.48. The minimum atomic E-state index is -0.203. The third kappa shape index (κ3) is 4.81. The second-order valence-electron chi connectivity index (χ2n) is 6.43. The average molecular weight is 363 g/mol. The number of carbonyl (C=O) groups is 1. The fraction of sp³-hybridized carbons (Fsp3) is 0.444. The summed E-state index contributed by atoms with van der Waals surface area (Å²) in [5.41, 5.74) is 1.22. The summed E-state index contributed by atoms with van der Waals surface area (Å²) in [6.07, 6.45) is 0. The molecule has 1 amide bonds. The van der Waals surface area contributed by atoms with Crippen molar-refractivity contribution in [2.24, 2.45) is 0 Å². The van der Waals surface area contributed by atoms with E-state index in [0.29, 0.717) is 11.6 Å². The first-order valence-electron chi connectivity index (χ1n) is 8.46. The van der Waals surface area contributed by atoms with Gasteiger partial charge in [-0.05, 0) is 31.5 Å². The summed E-state index contributed by atoms with van der Waals surface area (Å²) in [7, 11) is 0. The van der Waals surface area contributed by atoms with Crippen LogP contribution in [0.25, 0.3) is 0 Å². The Labute approximate surface area is 152 Å². The SMILES string of the molecule is Cc1cc(NC(=O)C(C)N2CCN(Cc3cccc(Cl)c3)CC2)no1. The van der Waals surface area contributed by atoms with Gasteiger partial charge >= 0.3 is 0 Å². The zero-order valence-corrected chi connectivity index (χ0v) is 15.3. The van der Waals surface area contributed by atoms with Crippen molar-refractivity contribution in [2.45, 2.75) is 26.4 Å². The number of benzene rings is 1. The van der Waals surface area contributed by atoms with E-state index in [1.807, 2.05) is 25.1 Å². The van der Waals surface area contributed by atoms with E-state index in [9.17, 15) is 4.79 Å². The van der Waals surface area contributed by atoms with E-state index in [0.717, 1.165) is 37.7 Å². The number of hydrogen-bond acceptors (Lipinski definition) is 5. The first kappa shape index (κ1) is 17.9. The maximum Gasteiger partial charge on any atom is 0.242 e. The Bertz CT molecular complexity index is 725. The number of halogens is 1. The van der Waals surface area contributed by atoms with Crippen LogP contribution < -0.4 is 5.32 Å². The van der Waals surface area contributed by atoms with Gasteiger partial charge in [0, 0.05) is 43.8 Å². The highest BCUT2D eigenvalue weighted by Crippen LogP contribution is 2.15. The van der Waals surface area contributed by atoms with Crippen LogP contribution in [0.3, 0.4) is 0 Å². The van der Waals surface area contributed by atoms with E-state index in [1.165, 1.54) is 5.56 Å². The quantitative estimate of drug-likeness (QED) is 0.886. The van der Waals surface area contributed by atoms with Crippen molar-refractivity contribution in [3.63, 3.8) is 0 Å². The number of hydrogen-bond donors (Lipinski definition) is 1. The van der Waals surface area contributed by atoms with E-state index in [1.54, 1.807) is 13.0 Å². The summed E-state index contributed by atoms with van der Waals surface area (Å²) in [6, 6.07) is 9.47. The smallest absolute Gasteiger partial charge is 0.242 e. The van der Waals surface area contributed by atoms with Crippen molar-refractivity contribution in [1.82, 2.24) is 15.0 Å². The van der Waals surface area contributed by atoms with Gasteiger partial charge in [0.15, 0.2) is 5.82 Å². The summed E-state index contributed by atoms with van der Waals surface area (Å²) >= 11 is 6.05. The minimum Gasteiger partial charge on any atom is -0.360 e. The van der Waals surface area contributed by atoms with Gasteiger partial charge in [-0.1, -0.05) is 28.9 Å². The average Bonchev–Trinajstić information content (AvgIpc) is 3.00. The van der Waals surface area contributed by atoms with Gasteiger partial charge in [0.25, 0.3) is 0 Å². The molecule has 0 saturated carbocycles. The summed E-state index contributed by atoms with van der Waals surface area (Å²) in [6.45, 7) is 8.16. The molecule has 1 aliphatic heterocycles. The highest BCUT2D eigenvalue weighted by atomic mass is 35.5. The lowest BCUT2D eigenvalue weighted by Gasteiger charge is -2.37. The number of nitrogens with zero attached hydrogens (tertiary/aromatic N) is 3. The Hall–Kier alpha value is -1.89. The van der Waals surface area contributed by atoms with Gasteiger partial charge in [-0.25, -0.2) is 0 Å². The molecular formula is C18H23ClN4O2. The van der Waals surface area contributed by atoms with Crippen LogP contribution in [0.4, 0.5) is 5.82 Å². The lowest BCUT2D eigenvalue weighted by Crippen LogP contribution is -2.52. The number of piperazine rings is 1. The highest BCUT2D eigenvalue weighted by molar-refractivity contribution is 6.30. The van der Waals surface area contributed by atoms with Crippen LogP contribution in [-0.2, 0) is 11.3 Å². The molecule has 6 nitrogen and oxygen atoms in total. The van der Waals surface area contributed by atoms with E-state index < -0.39 is 0 Å². The van der Waals surface area contributed by atoms with Gasteiger partial charge < -0.3 is 9.84 Å². The van der Waals surface area contributed by atoms with Crippen molar-refractivity contribution in [2.75, 3.05) is 31.5 Å². The van der Waals surface area contributed by atoms with Gasteiger partial charge in [0.05, 0.1) is 6.04 Å². The van der Waals surface area contributed by atoms with Gasteiger partial charge in [-0.2, -0.15) is 0 Å². The zero-order valence-electron chi connectivity index (χ0n) is 14.5.